The summed E-state index contributed by atoms with van der Waals surface area (Å²) in [6, 6.07) is 5.07. The van der Waals surface area contributed by atoms with Gasteiger partial charge in [0, 0.05) is 0 Å². The second kappa shape index (κ2) is 6.35. The number of carbonyl (C=O) groups excluding carboxylic acids is 1. The van der Waals surface area contributed by atoms with Crippen LogP contribution in [0.2, 0.25) is 0 Å². The Kier molecular flexibility index (Phi) is 4.73. The minimum Gasteiger partial charge on any atom is -0.491 e. The SMILES string of the molecule is CCOc1c(N)cccc1C(=O)OCC1CCC(C)(C)O1. The van der Waals surface area contributed by atoms with Crippen LogP contribution >= 0.6 is 0 Å². The number of para-hydroxylation sites is 1. The Balaban J connectivity index is 1.99. The molecule has 1 fully saturated rings. The van der Waals surface area contributed by atoms with Gasteiger partial charge < -0.3 is 19.9 Å². The van der Waals surface area contributed by atoms with Gasteiger partial charge in [0.05, 0.1) is 24.0 Å². The zero-order chi connectivity index (χ0) is 15.5. The van der Waals surface area contributed by atoms with Crippen molar-refractivity contribution in [2.45, 2.75) is 45.3 Å². The maximum Gasteiger partial charge on any atom is 0.342 e. The minimum atomic E-state index is -0.431. The van der Waals surface area contributed by atoms with Crippen LogP contribution in [-0.4, -0.2) is 30.9 Å². The molecule has 0 bridgehead atoms. The molecule has 2 rings (SSSR count). The zero-order valence-electron chi connectivity index (χ0n) is 12.8. The van der Waals surface area contributed by atoms with E-state index in [4.69, 9.17) is 19.9 Å². The van der Waals surface area contributed by atoms with Crippen molar-refractivity contribution >= 4 is 11.7 Å². The summed E-state index contributed by atoms with van der Waals surface area (Å²) in [7, 11) is 0. The van der Waals surface area contributed by atoms with Crippen LogP contribution in [0.5, 0.6) is 5.75 Å². The maximum atomic E-state index is 12.2. The number of nitrogen functional groups attached to an aromatic ring is 1. The van der Waals surface area contributed by atoms with Crippen LogP contribution in [0.15, 0.2) is 18.2 Å². The highest BCUT2D eigenvalue weighted by Crippen LogP contribution is 2.30. The first kappa shape index (κ1) is 15.6. The van der Waals surface area contributed by atoms with Crippen molar-refractivity contribution in [3.63, 3.8) is 0 Å². The monoisotopic (exact) mass is 293 g/mol. The smallest absolute Gasteiger partial charge is 0.342 e. The maximum absolute atomic E-state index is 12.2. The zero-order valence-corrected chi connectivity index (χ0v) is 12.8. The fourth-order valence-electron chi connectivity index (χ4n) is 2.46. The number of hydrogen-bond donors (Lipinski definition) is 1. The third-order valence-electron chi connectivity index (χ3n) is 3.51. The molecule has 0 amide bonds. The molecule has 0 saturated carbocycles. The number of anilines is 1. The van der Waals surface area contributed by atoms with Gasteiger partial charge in [-0.3, -0.25) is 0 Å². The van der Waals surface area contributed by atoms with Crippen molar-refractivity contribution in [1.29, 1.82) is 0 Å². The van der Waals surface area contributed by atoms with Crippen molar-refractivity contribution in [3.8, 4) is 5.75 Å². The third kappa shape index (κ3) is 3.88. The Morgan fingerprint density at radius 3 is 2.86 bits per heavy atom. The molecule has 0 spiro atoms. The second-order valence-electron chi connectivity index (χ2n) is 5.79. The summed E-state index contributed by atoms with van der Waals surface area (Å²) in [5, 5.41) is 0. The molecule has 0 radical (unpaired) electrons. The van der Waals surface area contributed by atoms with Crippen LogP contribution in [0.3, 0.4) is 0 Å². The molecule has 0 aromatic heterocycles. The highest BCUT2D eigenvalue weighted by molar-refractivity contribution is 5.94. The van der Waals surface area contributed by atoms with Crippen LogP contribution in [-0.2, 0) is 9.47 Å². The first-order chi connectivity index (χ1) is 9.93. The molecule has 0 aliphatic carbocycles. The lowest BCUT2D eigenvalue weighted by molar-refractivity contribution is -0.0445. The molecule has 5 heteroatoms. The molecule has 116 valence electrons. The van der Waals surface area contributed by atoms with E-state index in [1.807, 2.05) is 20.8 Å². The number of hydrogen-bond acceptors (Lipinski definition) is 5. The average molecular weight is 293 g/mol. The van der Waals surface area contributed by atoms with Crippen LogP contribution in [0, 0.1) is 0 Å². The van der Waals surface area contributed by atoms with Crippen molar-refractivity contribution in [2.75, 3.05) is 18.9 Å². The lowest BCUT2D eigenvalue weighted by Crippen LogP contribution is -2.24. The molecule has 1 unspecified atom stereocenters. The number of esters is 1. The lowest BCUT2D eigenvalue weighted by Gasteiger charge is -2.19. The standard InChI is InChI=1S/C16H23NO4/c1-4-19-14-12(6-5-7-13(14)17)15(18)20-10-11-8-9-16(2,3)21-11/h5-7,11H,4,8-10,17H2,1-3H3. The molecule has 1 aliphatic heterocycles. The van der Waals surface area contributed by atoms with Crippen molar-refractivity contribution in [1.82, 2.24) is 0 Å². The molecule has 1 aromatic carbocycles. The first-order valence-electron chi connectivity index (χ1n) is 7.29. The van der Waals surface area contributed by atoms with Gasteiger partial charge in [-0.1, -0.05) is 6.07 Å². The number of carbonyl (C=O) groups is 1. The fourth-order valence-corrected chi connectivity index (χ4v) is 2.46. The number of benzene rings is 1. The minimum absolute atomic E-state index is 0.0412. The number of ether oxygens (including phenoxy) is 3. The summed E-state index contributed by atoms with van der Waals surface area (Å²) < 4.78 is 16.6. The van der Waals surface area contributed by atoms with Gasteiger partial charge in [0.25, 0.3) is 0 Å². The predicted molar refractivity (Wildman–Crippen MR) is 80.5 cm³/mol. The Morgan fingerprint density at radius 1 is 1.48 bits per heavy atom. The number of nitrogens with two attached hydrogens (primary N) is 1. The van der Waals surface area contributed by atoms with E-state index < -0.39 is 5.97 Å². The number of rotatable bonds is 5. The lowest BCUT2D eigenvalue weighted by atomic mass is 10.1. The van der Waals surface area contributed by atoms with E-state index in [2.05, 4.69) is 0 Å². The molecule has 21 heavy (non-hydrogen) atoms. The van der Waals surface area contributed by atoms with Crippen LogP contribution in [0.1, 0.15) is 44.0 Å². The summed E-state index contributed by atoms with van der Waals surface area (Å²) in [4.78, 5) is 12.2. The van der Waals surface area contributed by atoms with Gasteiger partial charge in [0.1, 0.15) is 12.2 Å². The largest absolute Gasteiger partial charge is 0.491 e. The topological polar surface area (TPSA) is 70.8 Å². The van der Waals surface area contributed by atoms with Gasteiger partial charge in [-0.2, -0.15) is 0 Å². The van der Waals surface area contributed by atoms with Gasteiger partial charge in [0.15, 0.2) is 5.75 Å². The first-order valence-corrected chi connectivity index (χ1v) is 7.29. The van der Waals surface area contributed by atoms with Crippen LogP contribution in [0.25, 0.3) is 0 Å². The van der Waals surface area contributed by atoms with Crippen LogP contribution < -0.4 is 10.5 Å². The van der Waals surface area contributed by atoms with E-state index in [1.54, 1.807) is 18.2 Å². The van der Waals surface area contributed by atoms with Gasteiger partial charge in [-0.15, -0.1) is 0 Å². The molecule has 1 aliphatic rings. The van der Waals surface area contributed by atoms with Crippen molar-refractivity contribution in [2.24, 2.45) is 0 Å². The van der Waals surface area contributed by atoms with Gasteiger partial charge in [-0.25, -0.2) is 4.79 Å². The van der Waals surface area contributed by atoms with E-state index in [-0.39, 0.29) is 18.3 Å². The molecule has 1 atom stereocenters. The molecule has 1 heterocycles. The molecule has 1 aromatic rings. The third-order valence-corrected chi connectivity index (χ3v) is 3.51. The Labute approximate surface area is 125 Å². The Morgan fingerprint density at radius 2 is 2.24 bits per heavy atom. The van der Waals surface area contributed by atoms with Gasteiger partial charge in [0.2, 0.25) is 0 Å². The highest BCUT2D eigenvalue weighted by Gasteiger charge is 2.32. The summed E-state index contributed by atoms with van der Waals surface area (Å²) in [5.41, 5.74) is 6.50. The van der Waals surface area contributed by atoms with E-state index in [0.717, 1.165) is 12.8 Å². The summed E-state index contributed by atoms with van der Waals surface area (Å²) in [6.45, 7) is 6.62. The summed E-state index contributed by atoms with van der Waals surface area (Å²) >= 11 is 0. The quantitative estimate of drug-likeness (QED) is 0.667. The normalized spacial score (nSPS) is 20.2. The average Bonchev–Trinajstić information content (AvgIpc) is 2.78. The molecular formula is C16H23NO4. The Hall–Kier alpha value is -1.75. The van der Waals surface area contributed by atoms with E-state index in [9.17, 15) is 4.79 Å². The van der Waals surface area contributed by atoms with E-state index >= 15 is 0 Å². The fraction of sp³-hybridized carbons (Fsp3) is 0.562. The van der Waals surface area contributed by atoms with Crippen molar-refractivity contribution in [3.05, 3.63) is 23.8 Å². The highest BCUT2D eigenvalue weighted by atomic mass is 16.6. The molecule has 5 nitrogen and oxygen atoms in total. The van der Waals surface area contributed by atoms with Gasteiger partial charge in [-0.05, 0) is 45.7 Å². The summed E-state index contributed by atoms with van der Waals surface area (Å²) in [5.74, 6) is -0.0447. The summed E-state index contributed by atoms with van der Waals surface area (Å²) in [6.07, 6.45) is 1.83. The van der Waals surface area contributed by atoms with Gasteiger partial charge >= 0.3 is 5.97 Å². The van der Waals surface area contributed by atoms with Crippen molar-refractivity contribution < 1.29 is 19.0 Å². The Bertz CT molecular complexity index is 513. The van der Waals surface area contributed by atoms with Crippen LogP contribution in [0.4, 0.5) is 5.69 Å². The van der Waals surface area contributed by atoms with E-state index in [0.29, 0.717) is 23.6 Å². The predicted octanol–water partition coefficient (Wildman–Crippen LogP) is 2.78. The molecule has 1 saturated heterocycles. The molecular weight excluding hydrogens is 270 g/mol. The molecule has 2 N–H and O–H groups in total. The van der Waals surface area contributed by atoms with E-state index in [1.165, 1.54) is 0 Å². The second-order valence-corrected chi connectivity index (χ2v) is 5.79.